The van der Waals surface area contributed by atoms with Crippen LogP contribution in [0.1, 0.15) is 42.6 Å². The highest BCUT2D eigenvalue weighted by atomic mass is 79.9. The number of halogens is 1. The van der Waals surface area contributed by atoms with Gasteiger partial charge in [0.2, 0.25) is 5.91 Å². The van der Waals surface area contributed by atoms with Gasteiger partial charge in [-0.1, -0.05) is 38.1 Å². The van der Waals surface area contributed by atoms with Gasteiger partial charge in [-0.3, -0.25) is 9.59 Å². The molecule has 0 unspecified atom stereocenters. The van der Waals surface area contributed by atoms with Gasteiger partial charge in [-0.05, 0) is 52.0 Å². The fourth-order valence-corrected chi connectivity index (χ4v) is 3.44. The van der Waals surface area contributed by atoms with Crippen LogP contribution >= 0.6 is 27.7 Å². The van der Waals surface area contributed by atoms with Crippen molar-refractivity contribution < 1.29 is 14.1 Å². The number of thioether (sulfide) groups is 1. The number of amides is 2. The highest BCUT2D eigenvalue weighted by molar-refractivity contribution is 9.10. The molecule has 0 bridgehead atoms. The summed E-state index contributed by atoms with van der Waals surface area (Å²) in [7, 11) is 0. The van der Waals surface area contributed by atoms with E-state index < -0.39 is 0 Å². The molecular formula is C22H23BrN4O3S. The third-order valence-corrected chi connectivity index (χ3v) is 5.62. The van der Waals surface area contributed by atoms with Crippen LogP contribution < -0.4 is 10.6 Å². The van der Waals surface area contributed by atoms with Crippen LogP contribution in [0.25, 0.3) is 0 Å². The molecule has 0 radical (unpaired) electrons. The lowest BCUT2D eigenvalue weighted by Gasteiger charge is -2.12. The number of hydrogen-bond donors (Lipinski definition) is 2. The van der Waals surface area contributed by atoms with Gasteiger partial charge in [-0.25, -0.2) is 4.98 Å². The van der Waals surface area contributed by atoms with E-state index in [0.717, 1.165) is 10.6 Å². The predicted molar refractivity (Wildman–Crippen MR) is 126 cm³/mol. The van der Waals surface area contributed by atoms with Gasteiger partial charge in [0.05, 0.1) is 11.4 Å². The fraction of sp³-hybridized carbons (Fsp3) is 0.273. The summed E-state index contributed by atoms with van der Waals surface area (Å²) in [6.07, 6.45) is 2.08. The maximum Gasteiger partial charge on any atom is 0.275 e. The Labute approximate surface area is 193 Å². The molecule has 2 heterocycles. The molecule has 0 saturated heterocycles. The first kappa shape index (κ1) is 23.0. The standard InChI is InChI=1S/C22H23BrN4O3S/c1-22(2,3)16-12-17(27-30-16)25-18(28)11-13-5-7-14(8-6-13)24-21(29)20-15(23)9-10-19(26-20)31-4/h5-10,12H,11H2,1-4H3,(H,24,29)(H,25,27,28). The minimum absolute atomic E-state index is 0.175. The summed E-state index contributed by atoms with van der Waals surface area (Å²) in [5, 5.41) is 10.2. The molecule has 162 valence electrons. The zero-order valence-corrected chi connectivity index (χ0v) is 20.1. The first-order valence-corrected chi connectivity index (χ1v) is 11.6. The summed E-state index contributed by atoms with van der Waals surface area (Å²) >= 11 is 4.83. The molecule has 2 aromatic heterocycles. The van der Waals surface area contributed by atoms with Crippen LogP contribution in [-0.4, -0.2) is 28.2 Å². The number of aromatic nitrogens is 2. The van der Waals surface area contributed by atoms with Gasteiger partial charge in [0.15, 0.2) is 5.82 Å². The molecule has 2 N–H and O–H groups in total. The highest BCUT2D eigenvalue weighted by Crippen LogP contribution is 2.24. The van der Waals surface area contributed by atoms with E-state index in [1.165, 1.54) is 11.8 Å². The van der Waals surface area contributed by atoms with Gasteiger partial charge in [0.25, 0.3) is 5.91 Å². The number of anilines is 2. The van der Waals surface area contributed by atoms with Crippen LogP contribution in [0.3, 0.4) is 0 Å². The van der Waals surface area contributed by atoms with Crippen molar-refractivity contribution in [2.24, 2.45) is 0 Å². The molecule has 0 aliphatic carbocycles. The number of pyridine rings is 1. The number of benzene rings is 1. The summed E-state index contributed by atoms with van der Waals surface area (Å²) in [5.74, 6) is 0.581. The second kappa shape index (κ2) is 9.65. The SMILES string of the molecule is CSc1ccc(Br)c(C(=O)Nc2ccc(CC(=O)Nc3cc(C(C)(C)C)on3)cc2)n1. The van der Waals surface area contributed by atoms with E-state index in [2.05, 4.69) is 36.7 Å². The van der Waals surface area contributed by atoms with Gasteiger partial charge in [-0.15, -0.1) is 11.8 Å². The molecule has 0 saturated carbocycles. The molecule has 0 spiro atoms. The van der Waals surface area contributed by atoms with Crippen LogP contribution in [0.4, 0.5) is 11.5 Å². The van der Waals surface area contributed by atoms with E-state index in [0.29, 0.717) is 27.4 Å². The lowest BCUT2D eigenvalue weighted by Crippen LogP contribution is -2.16. The van der Waals surface area contributed by atoms with E-state index >= 15 is 0 Å². The molecule has 1 aromatic carbocycles. The van der Waals surface area contributed by atoms with Crippen molar-refractivity contribution in [2.45, 2.75) is 37.6 Å². The van der Waals surface area contributed by atoms with Crippen molar-refractivity contribution in [3.63, 3.8) is 0 Å². The number of nitrogens with zero attached hydrogens (tertiary/aromatic N) is 2. The van der Waals surface area contributed by atoms with E-state index in [1.807, 2.05) is 33.1 Å². The minimum atomic E-state index is -0.311. The Morgan fingerprint density at radius 2 is 1.81 bits per heavy atom. The van der Waals surface area contributed by atoms with E-state index in [-0.39, 0.29) is 23.7 Å². The predicted octanol–water partition coefficient (Wildman–Crippen LogP) is 5.29. The molecular weight excluding hydrogens is 480 g/mol. The van der Waals surface area contributed by atoms with Crippen molar-refractivity contribution in [1.29, 1.82) is 0 Å². The van der Waals surface area contributed by atoms with Gasteiger partial charge in [-0.2, -0.15) is 0 Å². The number of nitrogens with one attached hydrogen (secondary N) is 2. The summed E-state index contributed by atoms with van der Waals surface area (Å²) in [4.78, 5) is 29.2. The van der Waals surface area contributed by atoms with Crippen LogP contribution in [-0.2, 0) is 16.6 Å². The minimum Gasteiger partial charge on any atom is -0.359 e. The lowest BCUT2D eigenvalue weighted by molar-refractivity contribution is -0.115. The normalized spacial score (nSPS) is 11.3. The van der Waals surface area contributed by atoms with Crippen LogP contribution in [0, 0.1) is 0 Å². The van der Waals surface area contributed by atoms with Gasteiger partial charge >= 0.3 is 0 Å². The third-order valence-electron chi connectivity index (χ3n) is 4.34. The smallest absolute Gasteiger partial charge is 0.275 e. The topological polar surface area (TPSA) is 97.1 Å². The van der Waals surface area contributed by atoms with Crippen molar-refractivity contribution in [1.82, 2.24) is 10.1 Å². The Hall–Kier alpha value is -2.65. The Morgan fingerprint density at radius 3 is 2.42 bits per heavy atom. The molecule has 9 heteroatoms. The van der Waals surface area contributed by atoms with Gasteiger partial charge in [0.1, 0.15) is 11.5 Å². The number of rotatable bonds is 6. The maximum atomic E-state index is 12.5. The summed E-state index contributed by atoms with van der Waals surface area (Å²) < 4.78 is 5.90. The third kappa shape index (κ3) is 6.18. The van der Waals surface area contributed by atoms with Gasteiger partial charge < -0.3 is 15.2 Å². The molecule has 7 nitrogen and oxygen atoms in total. The van der Waals surface area contributed by atoms with Crippen molar-refractivity contribution >= 4 is 51.0 Å². The Bertz CT molecular complexity index is 1090. The summed E-state index contributed by atoms with van der Waals surface area (Å²) in [6, 6.07) is 12.5. The van der Waals surface area contributed by atoms with E-state index in [9.17, 15) is 9.59 Å². The average Bonchev–Trinajstić information content (AvgIpc) is 3.18. The molecule has 0 atom stereocenters. The van der Waals surface area contributed by atoms with Crippen LogP contribution in [0.2, 0.25) is 0 Å². The number of hydrogen-bond acceptors (Lipinski definition) is 6. The van der Waals surface area contributed by atoms with E-state index in [4.69, 9.17) is 4.52 Å². The number of carbonyl (C=O) groups is 2. The Kier molecular flexibility index (Phi) is 7.17. The van der Waals surface area contributed by atoms with Crippen LogP contribution in [0.15, 0.2) is 56.5 Å². The van der Waals surface area contributed by atoms with Crippen LogP contribution in [0.5, 0.6) is 0 Å². The highest BCUT2D eigenvalue weighted by Gasteiger charge is 2.20. The zero-order valence-electron chi connectivity index (χ0n) is 17.7. The maximum absolute atomic E-state index is 12.5. The average molecular weight is 503 g/mol. The molecule has 0 aliphatic rings. The first-order valence-electron chi connectivity index (χ1n) is 9.53. The second-order valence-electron chi connectivity index (χ2n) is 7.89. The first-order chi connectivity index (χ1) is 14.7. The molecule has 3 aromatic rings. The molecule has 31 heavy (non-hydrogen) atoms. The zero-order chi connectivity index (χ0) is 22.6. The summed E-state index contributed by atoms with van der Waals surface area (Å²) in [6.45, 7) is 6.02. The summed E-state index contributed by atoms with van der Waals surface area (Å²) in [5.41, 5.74) is 1.55. The number of carbonyl (C=O) groups excluding carboxylic acids is 2. The molecule has 0 aliphatic heterocycles. The lowest BCUT2D eigenvalue weighted by atomic mass is 9.93. The van der Waals surface area contributed by atoms with E-state index in [1.54, 1.807) is 36.4 Å². The largest absolute Gasteiger partial charge is 0.359 e. The quantitative estimate of drug-likeness (QED) is 0.444. The monoisotopic (exact) mass is 502 g/mol. The molecule has 2 amide bonds. The van der Waals surface area contributed by atoms with Crippen molar-refractivity contribution in [2.75, 3.05) is 16.9 Å². The Morgan fingerprint density at radius 1 is 1.10 bits per heavy atom. The van der Waals surface area contributed by atoms with Crippen molar-refractivity contribution in [3.8, 4) is 0 Å². The molecule has 0 fully saturated rings. The van der Waals surface area contributed by atoms with Crippen molar-refractivity contribution in [3.05, 3.63) is 64.0 Å². The fourth-order valence-electron chi connectivity index (χ4n) is 2.65. The van der Waals surface area contributed by atoms with Gasteiger partial charge in [0, 0.05) is 21.6 Å². The second-order valence-corrected chi connectivity index (χ2v) is 9.57. The Balaban J connectivity index is 1.59. The molecule has 3 rings (SSSR count).